The zero-order valence-electron chi connectivity index (χ0n) is 12.8. The number of nitrogens with two attached hydrogens (primary N) is 1. The number of benzene rings is 1. The lowest BCUT2D eigenvalue weighted by molar-refractivity contribution is -0.149. The number of hydrogen-bond acceptors (Lipinski definition) is 4. The molecule has 5 nitrogen and oxygen atoms in total. The van der Waals surface area contributed by atoms with Crippen molar-refractivity contribution >= 4 is 13.1 Å². The first-order chi connectivity index (χ1) is 11.1. The third-order valence-electron chi connectivity index (χ3n) is 4.47. The highest BCUT2D eigenvalue weighted by Gasteiger charge is 2.41. The summed E-state index contributed by atoms with van der Waals surface area (Å²) in [5.74, 6) is -2.29. The summed E-state index contributed by atoms with van der Waals surface area (Å²) in [6.45, 7) is 0. The average Bonchev–Trinajstić information content (AvgIpc) is 2.82. The maximum atomic E-state index is 12.8. The summed E-state index contributed by atoms with van der Waals surface area (Å²) >= 11 is 0. The van der Waals surface area contributed by atoms with Crippen molar-refractivity contribution in [3.05, 3.63) is 34.9 Å². The van der Waals surface area contributed by atoms with Gasteiger partial charge in [0.2, 0.25) is 0 Å². The maximum absolute atomic E-state index is 12.8. The number of fused-ring (bicyclic) bond motifs is 1. The second-order valence-corrected chi connectivity index (χ2v) is 6.17. The van der Waals surface area contributed by atoms with E-state index < -0.39 is 31.2 Å². The molecule has 0 bridgehead atoms. The van der Waals surface area contributed by atoms with Gasteiger partial charge in [-0.1, -0.05) is 24.6 Å². The molecule has 3 atom stereocenters. The fourth-order valence-electron chi connectivity index (χ4n) is 3.29. The van der Waals surface area contributed by atoms with Crippen LogP contribution < -0.4 is 5.73 Å². The van der Waals surface area contributed by atoms with Crippen molar-refractivity contribution in [1.82, 2.24) is 0 Å². The summed E-state index contributed by atoms with van der Waals surface area (Å²) in [5.41, 5.74) is 6.13. The second-order valence-electron chi connectivity index (χ2n) is 6.17. The smallest absolute Gasteiger partial charge is 0.451 e. The van der Waals surface area contributed by atoms with Gasteiger partial charge >= 0.3 is 19.3 Å². The summed E-state index contributed by atoms with van der Waals surface area (Å²) in [7, 11) is -1.45. The Balaban J connectivity index is 2.24. The Hall–Kier alpha value is -1.58. The number of halogens is 3. The highest BCUT2D eigenvalue weighted by molar-refractivity contribution is 6.40. The first kappa shape index (κ1) is 18.8. The number of aliphatic carboxylic acids is 1. The van der Waals surface area contributed by atoms with Gasteiger partial charge in [0.25, 0.3) is 0 Å². The van der Waals surface area contributed by atoms with Gasteiger partial charge in [-0.05, 0) is 41.8 Å². The first-order valence-electron chi connectivity index (χ1n) is 7.65. The molecule has 0 fully saturated rings. The van der Waals surface area contributed by atoms with E-state index in [0.29, 0.717) is 30.4 Å². The zero-order chi connectivity index (χ0) is 18.1. The predicted octanol–water partition coefficient (Wildman–Crippen LogP) is 1.84. The Morgan fingerprint density at radius 2 is 2.04 bits per heavy atom. The zero-order valence-corrected chi connectivity index (χ0v) is 12.8. The fourth-order valence-corrected chi connectivity index (χ4v) is 3.29. The summed E-state index contributed by atoms with van der Waals surface area (Å²) in [5, 5.41) is 27.2. The molecule has 1 aliphatic carbocycles. The molecule has 0 saturated carbocycles. The SMILES string of the molecule is NC(c1ccc2c(c1)C(C(=O)O)C(CCCB(O)O)C2)C(F)(F)F. The Bertz CT molecular complexity index is 609. The van der Waals surface area contributed by atoms with Crippen LogP contribution in [-0.2, 0) is 11.2 Å². The molecule has 0 amide bonds. The van der Waals surface area contributed by atoms with Gasteiger partial charge < -0.3 is 20.9 Å². The highest BCUT2D eigenvalue weighted by Crippen LogP contribution is 2.42. The van der Waals surface area contributed by atoms with Crippen molar-refractivity contribution in [3.8, 4) is 0 Å². The van der Waals surface area contributed by atoms with Crippen LogP contribution in [0.1, 0.15) is 41.5 Å². The van der Waals surface area contributed by atoms with Crippen LogP contribution in [0.25, 0.3) is 0 Å². The molecule has 0 aromatic heterocycles. The third kappa shape index (κ3) is 4.09. The minimum atomic E-state index is -4.60. The van der Waals surface area contributed by atoms with Gasteiger partial charge in [0.05, 0.1) is 5.92 Å². The first-order valence-corrected chi connectivity index (χ1v) is 7.65. The molecule has 24 heavy (non-hydrogen) atoms. The van der Waals surface area contributed by atoms with Crippen LogP contribution >= 0.6 is 0 Å². The molecule has 9 heteroatoms. The van der Waals surface area contributed by atoms with Gasteiger partial charge in [-0.2, -0.15) is 13.2 Å². The van der Waals surface area contributed by atoms with Crippen molar-refractivity contribution in [1.29, 1.82) is 0 Å². The van der Waals surface area contributed by atoms with Crippen LogP contribution in [0.5, 0.6) is 0 Å². The number of carboxylic acids is 1. The van der Waals surface area contributed by atoms with E-state index in [2.05, 4.69) is 0 Å². The van der Waals surface area contributed by atoms with Crippen LogP contribution in [0.4, 0.5) is 13.2 Å². The lowest BCUT2D eigenvalue weighted by Crippen LogP contribution is -2.28. The average molecular weight is 345 g/mol. The van der Waals surface area contributed by atoms with Crippen LogP contribution in [0.15, 0.2) is 18.2 Å². The third-order valence-corrected chi connectivity index (χ3v) is 4.47. The molecule has 0 aliphatic heterocycles. The number of hydrogen-bond donors (Lipinski definition) is 4. The molecule has 132 valence electrons. The molecule has 0 spiro atoms. The second kappa shape index (κ2) is 7.12. The van der Waals surface area contributed by atoms with Crippen molar-refractivity contribution in [2.75, 3.05) is 0 Å². The molecule has 1 aromatic rings. The standard InChI is InChI=1S/C15H19BF3NO4/c17-15(18,19)13(20)10-4-3-8-6-9(2-1-5-16(23)24)12(14(21)22)11(8)7-10/h3-4,7,9,12-13,23-24H,1-2,5-6,20H2,(H,21,22). The molecule has 2 rings (SSSR count). The van der Waals surface area contributed by atoms with E-state index in [1.54, 1.807) is 0 Å². The Labute approximate surface area is 137 Å². The van der Waals surface area contributed by atoms with Gasteiger partial charge in [0.1, 0.15) is 6.04 Å². The molecular weight excluding hydrogens is 326 g/mol. The lowest BCUT2D eigenvalue weighted by atomic mass is 9.80. The monoisotopic (exact) mass is 345 g/mol. The van der Waals surface area contributed by atoms with Crippen molar-refractivity contribution < 1.29 is 33.1 Å². The number of carboxylic acid groups (broad SMARTS) is 1. The summed E-state index contributed by atoms with van der Waals surface area (Å²) in [4.78, 5) is 11.6. The van der Waals surface area contributed by atoms with E-state index in [9.17, 15) is 23.1 Å². The van der Waals surface area contributed by atoms with Gasteiger partial charge in [-0.15, -0.1) is 0 Å². The molecule has 5 N–H and O–H groups in total. The molecule has 0 saturated heterocycles. The van der Waals surface area contributed by atoms with Crippen molar-refractivity contribution in [3.63, 3.8) is 0 Å². The van der Waals surface area contributed by atoms with Gasteiger partial charge in [0.15, 0.2) is 0 Å². The normalized spacial score (nSPS) is 21.4. The quantitative estimate of drug-likeness (QED) is 0.589. The van der Waals surface area contributed by atoms with Gasteiger partial charge in [0, 0.05) is 0 Å². The van der Waals surface area contributed by atoms with Crippen LogP contribution in [-0.4, -0.2) is 34.4 Å². The van der Waals surface area contributed by atoms with E-state index >= 15 is 0 Å². The van der Waals surface area contributed by atoms with Crippen LogP contribution in [0, 0.1) is 5.92 Å². The molecule has 0 heterocycles. The molecule has 0 radical (unpaired) electrons. The van der Waals surface area contributed by atoms with Gasteiger partial charge in [-0.3, -0.25) is 4.79 Å². The van der Waals surface area contributed by atoms with Crippen molar-refractivity contribution in [2.45, 2.75) is 43.7 Å². The highest BCUT2D eigenvalue weighted by atomic mass is 19.4. The summed E-state index contributed by atoms with van der Waals surface area (Å²) in [6.07, 6.45) is -3.15. The topological polar surface area (TPSA) is 104 Å². The molecular formula is C15H19BF3NO4. The maximum Gasteiger partial charge on any atom is 0.451 e. The van der Waals surface area contributed by atoms with Gasteiger partial charge in [-0.25, -0.2) is 0 Å². The minimum Gasteiger partial charge on any atom is -0.481 e. The summed E-state index contributed by atoms with van der Waals surface area (Å²) < 4.78 is 38.3. The molecule has 1 aromatic carbocycles. The largest absolute Gasteiger partial charge is 0.481 e. The van der Waals surface area contributed by atoms with E-state index in [-0.39, 0.29) is 17.8 Å². The number of rotatable bonds is 6. The van der Waals surface area contributed by atoms with E-state index in [4.69, 9.17) is 15.8 Å². The van der Waals surface area contributed by atoms with Crippen LogP contribution in [0.3, 0.4) is 0 Å². The van der Waals surface area contributed by atoms with E-state index in [0.717, 1.165) is 0 Å². The Morgan fingerprint density at radius 1 is 1.38 bits per heavy atom. The van der Waals surface area contributed by atoms with E-state index in [1.807, 2.05) is 0 Å². The van der Waals surface area contributed by atoms with E-state index in [1.165, 1.54) is 18.2 Å². The lowest BCUT2D eigenvalue weighted by Gasteiger charge is -2.19. The minimum absolute atomic E-state index is 0.128. The fraction of sp³-hybridized carbons (Fsp3) is 0.533. The number of alkyl halides is 3. The molecule has 3 unspecified atom stereocenters. The van der Waals surface area contributed by atoms with Crippen molar-refractivity contribution in [2.24, 2.45) is 11.7 Å². The summed E-state index contributed by atoms with van der Waals surface area (Å²) in [6, 6.07) is 1.89. The Kier molecular flexibility index (Phi) is 5.57. The molecule has 1 aliphatic rings. The van der Waals surface area contributed by atoms with Crippen LogP contribution in [0.2, 0.25) is 6.32 Å². The Morgan fingerprint density at radius 3 is 2.58 bits per heavy atom. The number of carbonyl (C=O) groups is 1. The predicted molar refractivity (Wildman–Crippen MR) is 81.2 cm³/mol.